The SMILES string of the molecule is Cc1noc(C)c1S(=O)(=O)N1CCN(C(=O)c2csc(CCN)n2)CC1. The van der Waals surface area contributed by atoms with Gasteiger partial charge in [-0.3, -0.25) is 4.79 Å². The zero-order chi connectivity index (χ0) is 18.9. The highest BCUT2D eigenvalue weighted by molar-refractivity contribution is 7.89. The number of aromatic nitrogens is 2. The summed E-state index contributed by atoms with van der Waals surface area (Å²) in [5.74, 6) is 0.0924. The molecule has 1 fully saturated rings. The van der Waals surface area contributed by atoms with E-state index >= 15 is 0 Å². The number of carbonyl (C=O) groups is 1. The lowest BCUT2D eigenvalue weighted by Crippen LogP contribution is -2.50. The summed E-state index contributed by atoms with van der Waals surface area (Å²) in [7, 11) is -3.69. The van der Waals surface area contributed by atoms with Gasteiger partial charge in [-0.2, -0.15) is 4.31 Å². The molecule has 0 saturated carbocycles. The highest BCUT2D eigenvalue weighted by Crippen LogP contribution is 2.24. The van der Waals surface area contributed by atoms with Gasteiger partial charge in [-0.05, 0) is 20.4 Å². The fourth-order valence-corrected chi connectivity index (χ4v) is 5.41. The molecule has 1 aliphatic rings. The first-order valence-electron chi connectivity index (χ1n) is 8.21. The van der Waals surface area contributed by atoms with Gasteiger partial charge in [0.25, 0.3) is 5.91 Å². The van der Waals surface area contributed by atoms with E-state index in [0.29, 0.717) is 37.4 Å². The van der Waals surface area contributed by atoms with Crippen LogP contribution in [0.5, 0.6) is 0 Å². The lowest BCUT2D eigenvalue weighted by Gasteiger charge is -2.33. The van der Waals surface area contributed by atoms with Crippen LogP contribution < -0.4 is 5.73 Å². The van der Waals surface area contributed by atoms with Crippen LogP contribution in [0.4, 0.5) is 0 Å². The molecule has 9 nitrogen and oxygen atoms in total. The highest BCUT2D eigenvalue weighted by atomic mass is 32.2. The average Bonchev–Trinajstić information content (AvgIpc) is 3.21. The van der Waals surface area contributed by atoms with Crippen LogP contribution in [0.2, 0.25) is 0 Å². The van der Waals surface area contributed by atoms with Crippen LogP contribution in [-0.2, 0) is 16.4 Å². The number of aryl methyl sites for hydroxylation is 2. The Kier molecular flexibility index (Phi) is 5.42. The number of thiazole rings is 1. The van der Waals surface area contributed by atoms with E-state index in [0.717, 1.165) is 5.01 Å². The average molecular weight is 399 g/mol. The molecular formula is C15H21N5O4S2. The van der Waals surface area contributed by atoms with Crippen LogP contribution >= 0.6 is 11.3 Å². The smallest absolute Gasteiger partial charge is 0.273 e. The molecule has 0 spiro atoms. The van der Waals surface area contributed by atoms with Crippen molar-refractivity contribution in [2.75, 3.05) is 32.7 Å². The topological polar surface area (TPSA) is 123 Å². The van der Waals surface area contributed by atoms with Gasteiger partial charge in [-0.15, -0.1) is 11.3 Å². The second kappa shape index (κ2) is 7.43. The largest absolute Gasteiger partial charge is 0.360 e. The molecule has 2 aromatic heterocycles. The van der Waals surface area contributed by atoms with Crippen LogP contribution in [0, 0.1) is 13.8 Å². The Morgan fingerprint density at radius 3 is 2.58 bits per heavy atom. The van der Waals surface area contributed by atoms with Gasteiger partial charge in [-0.1, -0.05) is 5.16 Å². The van der Waals surface area contributed by atoms with E-state index in [4.69, 9.17) is 10.3 Å². The van der Waals surface area contributed by atoms with Crippen molar-refractivity contribution in [1.29, 1.82) is 0 Å². The normalized spacial score (nSPS) is 16.2. The van der Waals surface area contributed by atoms with Crippen molar-refractivity contribution in [3.05, 3.63) is 27.5 Å². The molecule has 0 aromatic carbocycles. The van der Waals surface area contributed by atoms with Crippen molar-refractivity contribution in [2.45, 2.75) is 25.2 Å². The van der Waals surface area contributed by atoms with Gasteiger partial charge < -0.3 is 15.2 Å². The van der Waals surface area contributed by atoms with Crippen LogP contribution in [-0.4, -0.2) is 66.4 Å². The van der Waals surface area contributed by atoms with Crippen LogP contribution in [0.3, 0.4) is 0 Å². The Labute approximate surface area is 155 Å². The number of amides is 1. The summed E-state index contributed by atoms with van der Waals surface area (Å²) in [6.45, 7) is 4.73. The molecule has 142 valence electrons. The minimum atomic E-state index is -3.69. The van der Waals surface area contributed by atoms with Gasteiger partial charge in [0.1, 0.15) is 16.3 Å². The number of nitrogens with zero attached hydrogens (tertiary/aromatic N) is 4. The minimum absolute atomic E-state index is 0.114. The zero-order valence-electron chi connectivity index (χ0n) is 14.6. The van der Waals surface area contributed by atoms with Crippen LogP contribution in [0.1, 0.15) is 27.0 Å². The van der Waals surface area contributed by atoms with Gasteiger partial charge in [0.05, 0.1) is 5.01 Å². The van der Waals surface area contributed by atoms with Gasteiger partial charge in [0.2, 0.25) is 10.0 Å². The number of hydrogen-bond acceptors (Lipinski definition) is 8. The number of nitrogens with two attached hydrogens (primary N) is 1. The summed E-state index contributed by atoms with van der Waals surface area (Å²) < 4.78 is 32.0. The molecule has 11 heteroatoms. The van der Waals surface area contributed by atoms with Crippen molar-refractivity contribution in [3.63, 3.8) is 0 Å². The Balaban J connectivity index is 1.68. The van der Waals surface area contributed by atoms with Crippen molar-refractivity contribution < 1.29 is 17.7 Å². The first-order chi connectivity index (χ1) is 12.3. The second-order valence-corrected chi connectivity index (χ2v) is 8.83. The number of hydrogen-bond donors (Lipinski definition) is 1. The maximum atomic E-state index is 12.8. The molecular weight excluding hydrogens is 378 g/mol. The molecule has 26 heavy (non-hydrogen) atoms. The number of carbonyl (C=O) groups excluding carboxylic acids is 1. The first-order valence-corrected chi connectivity index (χ1v) is 10.5. The summed E-state index contributed by atoms with van der Waals surface area (Å²) in [4.78, 5) is 18.6. The Morgan fingerprint density at radius 1 is 1.31 bits per heavy atom. The molecule has 1 aliphatic heterocycles. The highest BCUT2D eigenvalue weighted by Gasteiger charge is 2.34. The van der Waals surface area contributed by atoms with Crippen molar-refractivity contribution >= 4 is 27.3 Å². The summed E-state index contributed by atoms with van der Waals surface area (Å²) >= 11 is 1.41. The van der Waals surface area contributed by atoms with E-state index in [-0.39, 0.29) is 29.7 Å². The third kappa shape index (κ3) is 3.52. The third-order valence-electron chi connectivity index (χ3n) is 4.22. The van der Waals surface area contributed by atoms with Crippen molar-refractivity contribution in [1.82, 2.24) is 19.3 Å². The first kappa shape index (κ1) is 19.0. The zero-order valence-corrected chi connectivity index (χ0v) is 16.3. The predicted molar refractivity (Wildman–Crippen MR) is 95.5 cm³/mol. The standard InChI is InChI=1S/C15H21N5O4S2/c1-10-14(11(2)24-18-10)26(22,23)20-7-5-19(6-8-20)15(21)12-9-25-13(17-12)3-4-16/h9H,3-8,16H2,1-2H3. The molecule has 2 N–H and O–H groups in total. The molecule has 1 amide bonds. The molecule has 0 radical (unpaired) electrons. The van der Waals surface area contributed by atoms with E-state index in [2.05, 4.69) is 10.1 Å². The van der Waals surface area contributed by atoms with E-state index in [1.54, 1.807) is 24.1 Å². The van der Waals surface area contributed by atoms with Gasteiger partial charge >= 0.3 is 0 Å². The molecule has 0 unspecified atom stereocenters. The van der Waals surface area contributed by atoms with Gasteiger partial charge in [0.15, 0.2) is 5.76 Å². The van der Waals surface area contributed by atoms with Crippen molar-refractivity contribution in [2.24, 2.45) is 5.73 Å². The molecule has 1 saturated heterocycles. The predicted octanol–water partition coefficient (Wildman–Crippen LogP) is 0.396. The van der Waals surface area contributed by atoms with E-state index in [9.17, 15) is 13.2 Å². The lowest BCUT2D eigenvalue weighted by molar-refractivity contribution is 0.0692. The van der Waals surface area contributed by atoms with Crippen molar-refractivity contribution in [3.8, 4) is 0 Å². The van der Waals surface area contributed by atoms with E-state index < -0.39 is 10.0 Å². The molecule has 0 bridgehead atoms. The third-order valence-corrected chi connectivity index (χ3v) is 7.27. The summed E-state index contributed by atoms with van der Waals surface area (Å²) in [5.41, 5.74) is 6.24. The van der Waals surface area contributed by atoms with Gasteiger partial charge in [0, 0.05) is 38.0 Å². The lowest BCUT2D eigenvalue weighted by atomic mass is 10.3. The quantitative estimate of drug-likeness (QED) is 0.772. The van der Waals surface area contributed by atoms with Crippen LogP contribution in [0.25, 0.3) is 0 Å². The molecule has 3 rings (SSSR count). The van der Waals surface area contributed by atoms with Crippen LogP contribution in [0.15, 0.2) is 14.8 Å². The fourth-order valence-electron chi connectivity index (χ4n) is 2.91. The Morgan fingerprint density at radius 2 is 2.00 bits per heavy atom. The number of rotatable bonds is 5. The summed E-state index contributed by atoms with van der Waals surface area (Å²) in [6, 6.07) is 0. The second-order valence-electron chi connectivity index (χ2n) is 6.01. The Bertz CT molecular complexity index is 878. The molecule has 2 aromatic rings. The maximum Gasteiger partial charge on any atom is 0.273 e. The van der Waals surface area contributed by atoms with E-state index in [1.807, 2.05) is 0 Å². The Hall–Kier alpha value is -1.82. The van der Waals surface area contributed by atoms with Gasteiger partial charge in [-0.25, -0.2) is 13.4 Å². The fraction of sp³-hybridized carbons (Fsp3) is 0.533. The molecule has 0 atom stereocenters. The summed E-state index contributed by atoms with van der Waals surface area (Å²) in [5, 5.41) is 6.27. The summed E-state index contributed by atoms with van der Waals surface area (Å²) in [6.07, 6.45) is 0.640. The maximum absolute atomic E-state index is 12.8. The minimum Gasteiger partial charge on any atom is -0.360 e. The number of sulfonamides is 1. The molecule has 3 heterocycles. The number of piperazine rings is 1. The molecule has 0 aliphatic carbocycles. The monoisotopic (exact) mass is 399 g/mol. The van der Waals surface area contributed by atoms with E-state index in [1.165, 1.54) is 15.6 Å².